The highest BCUT2D eigenvalue weighted by atomic mass is 16.1. The molecule has 3 heteroatoms. The Hall–Kier alpha value is -2.16. The lowest BCUT2D eigenvalue weighted by atomic mass is 9.99. The fourth-order valence-electron chi connectivity index (χ4n) is 2.23. The van der Waals surface area contributed by atoms with E-state index in [2.05, 4.69) is 31.3 Å². The van der Waals surface area contributed by atoms with Crippen LogP contribution in [0.3, 0.4) is 0 Å². The van der Waals surface area contributed by atoms with E-state index in [4.69, 9.17) is 0 Å². The molecule has 0 spiro atoms. The van der Waals surface area contributed by atoms with Crippen molar-refractivity contribution in [3.05, 3.63) is 59.9 Å². The van der Waals surface area contributed by atoms with E-state index < -0.39 is 0 Å². The molecule has 0 aliphatic carbocycles. The van der Waals surface area contributed by atoms with E-state index in [0.717, 1.165) is 17.8 Å². The highest BCUT2D eigenvalue weighted by Gasteiger charge is 2.12. The van der Waals surface area contributed by atoms with E-state index in [1.165, 1.54) is 5.56 Å². The molecular formula is C18H23N2O+. The lowest BCUT2D eigenvalue weighted by Crippen LogP contribution is -2.42. The van der Waals surface area contributed by atoms with E-state index in [0.29, 0.717) is 12.5 Å². The summed E-state index contributed by atoms with van der Waals surface area (Å²) in [5.74, 6) is 0.544. The summed E-state index contributed by atoms with van der Waals surface area (Å²) in [7, 11) is 0. The quantitative estimate of drug-likeness (QED) is 0.838. The molecule has 110 valence electrons. The maximum absolute atomic E-state index is 12.1. The molecule has 0 fully saturated rings. The second-order valence-electron chi connectivity index (χ2n) is 5.45. The Morgan fingerprint density at radius 3 is 2.52 bits per heavy atom. The largest absolute Gasteiger partial charge is 0.321 e. The van der Waals surface area contributed by atoms with E-state index >= 15 is 0 Å². The van der Waals surface area contributed by atoms with Crippen molar-refractivity contribution in [1.29, 1.82) is 0 Å². The third-order valence-electron chi connectivity index (χ3n) is 3.86. The predicted octanol–water partition coefficient (Wildman–Crippen LogP) is 3.43. The number of hydrogen-bond donors (Lipinski definition) is 1. The Morgan fingerprint density at radius 2 is 1.90 bits per heavy atom. The van der Waals surface area contributed by atoms with Gasteiger partial charge in [-0.05, 0) is 30.0 Å². The van der Waals surface area contributed by atoms with Crippen LogP contribution in [0.15, 0.2) is 48.7 Å². The van der Waals surface area contributed by atoms with Crippen molar-refractivity contribution in [3.63, 3.8) is 0 Å². The van der Waals surface area contributed by atoms with E-state index in [9.17, 15) is 4.79 Å². The molecule has 1 atom stereocenters. The van der Waals surface area contributed by atoms with Crippen LogP contribution in [0.25, 0.3) is 0 Å². The smallest absolute Gasteiger partial charge is 0.290 e. The van der Waals surface area contributed by atoms with E-state index in [1.807, 2.05) is 48.0 Å². The van der Waals surface area contributed by atoms with Crippen LogP contribution in [0.1, 0.15) is 37.4 Å². The van der Waals surface area contributed by atoms with Crippen LogP contribution in [-0.4, -0.2) is 5.91 Å². The SMILES string of the molecule is CC[C@@H](C)c1ccc(NC(=O)C[n+]2ccccc2C)cc1. The average Bonchev–Trinajstić information content (AvgIpc) is 2.49. The van der Waals surface area contributed by atoms with Gasteiger partial charge >= 0.3 is 0 Å². The highest BCUT2D eigenvalue weighted by Crippen LogP contribution is 2.20. The molecule has 1 aromatic heterocycles. The number of carbonyl (C=O) groups is 1. The summed E-state index contributed by atoms with van der Waals surface area (Å²) in [4.78, 5) is 12.1. The lowest BCUT2D eigenvalue weighted by molar-refractivity contribution is -0.690. The third kappa shape index (κ3) is 4.15. The molecule has 0 saturated heterocycles. The summed E-state index contributed by atoms with van der Waals surface area (Å²) in [6, 6.07) is 14.0. The predicted molar refractivity (Wildman–Crippen MR) is 85.2 cm³/mol. The van der Waals surface area contributed by atoms with Crippen molar-refractivity contribution in [2.45, 2.75) is 39.7 Å². The van der Waals surface area contributed by atoms with Gasteiger partial charge in [-0.1, -0.05) is 32.0 Å². The minimum Gasteiger partial charge on any atom is -0.321 e. The zero-order valence-electron chi connectivity index (χ0n) is 13.0. The molecule has 1 N–H and O–H groups in total. The van der Waals surface area contributed by atoms with E-state index in [1.54, 1.807) is 0 Å². The number of carbonyl (C=O) groups excluding carboxylic acids is 1. The Bertz CT molecular complexity index is 605. The van der Waals surface area contributed by atoms with Gasteiger partial charge in [-0.15, -0.1) is 0 Å². The number of hydrogen-bond acceptors (Lipinski definition) is 1. The molecule has 0 aliphatic heterocycles. The molecule has 1 amide bonds. The molecule has 3 nitrogen and oxygen atoms in total. The van der Waals surface area contributed by atoms with Crippen LogP contribution < -0.4 is 9.88 Å². The van der Waals surface area contributed by atoms with Gasteiger partial charge in [-0.25, -0.2) is 0 Å². The molecule has 0 saturated carbocycles. The number of nitrogens with zero attached hydrogens (tertiary/aromatic N) is 1. The molecule has 0 aliphatic rings. The van der Waals surface area contributed by atoms with Crippen LogP contribution in [-0.2, 0) is 11.3 Å². The molecule has 0 bridgehead atoms. The molecule has 1 heterocycles. The van der Waals surface area contributed by atoms with Gasteiger partial charge in [0, 0.05) is 24.7 Å². The fraction of sp³-hybridized carbons (Fsp3) is 0.333. The Morgan fingerprint density at radius 1 is 1.19 bits per heavy atom. The fourth-order valence-corrected chi connectivity index (χ4v) is 2.23. The van der Waals surface area contributed by atoms with Gasteiger partial charge in [0.15, 0.2) is 11.9 Å². The van der Waals surface area contributed by atoms with Crippen LogP contribution in [0.5, 0.6) is 0 Å². The van der Waals surface area contributed by atoms with Gasteiger partial charge in [0.1, 0.15) is 0 Å². The third-order valence-corrected chi connectivity index (χ3v) is 3.86. The van der Waals surface area contributed by atoms with Gasteiger partial charge in [-0.2, -0.15) is 4.57 Å². The average molecular weight is 283 g/mol. The number of benzene rings is 1. The van der Waals surface area contributed by atoms with Crippen molar-refractivity contribution in [3.8, 4) is 0 Å². The van der Waals surface area contributed by atoms with Crippen LogP contribution in [0.4, 0.5) is 5.69 Å². The Balaban J connectivity index is 1.98. The summed E-state index contributed by atoms with van der Waals surface area (Å²) >= 11 is 0. The zero-order valence-corrected chi connectivity index (χ0v) is 13.0. The molecule has 21 heavy (non-hydrogen) atoms. The summed E-state index contributed by atoms with van der Waals surface area (Å²) in [6.07, 6.45) is 3.04. The number of pyridine rings is 1. The summed E-state index contributed by atoms with van der Waals surface area (Å²) in [5, 5.41) is 2.94. The first-order valence-electron chi connectivity index (χ1n) is 7.45. The molecule has 2 rings (SSSR count). The summed E-state index contributed by atoms with van der Waals surface area (Å²) in [5.41, 5.74) is 3.23. The Kier molecular flexibility index (Phi) is 5.09. The Labute approximate surface area is 126 Å². The lowest BCUT2D eigenvalue weighted by Gasteiger charge is -2.10. The van der Waals surface area contributed by atoms with E-state index in [-0.39, 0.29) is 5.91 Å². The van der Waals surface area contributed by atoms with Crippen molar-refractivity contribution >= 4 is 11.6 Å². The second kappa shape index (κ2) is 7.02. The van der Waals surface area contributed by atoms with Crippen LogP contribution in [0, 0.1) is 6.92 Å². The maximum Gasteiger partial charge on any atom is 0.290 e. The topological polar surface area (TPSA) is 33.0 Å². The van der Waals surface area contributed by atoms with Crippen molar-refractivity contribution in [2.24, 2.45) is 0 Å². The minimum absolute atomic E-state index is 0.00871. The second-order valence-corrected chi connectivity index (χ2v) is 5.45. The standard InChI is InChI=1S/C18H22N2O/c1-4-14(2)16-8-10-17(11-9-16)19-18(21)13-20-12-6-5-7-15(20)3/h5-12,14H,4,13H2,1-3H3/p+1/t14-/m1/s1. The molecular weight excluding hydrogens is 260 g/mol. The van der Waals surface area contributed by atoms with Crippen molar-refractivity contribution in [2.75, 3.05) is 5.32 Å². The number of amides is 1. The first-order valence-corrected chi connectivity index (χ1v) is 7.45. The number of rotatable bonds is 5. The molecule has 1 aromatic carbocycles. The van der Waals surface area contributed by atoms with Crippen molar-refractivity contribution < 1.29 is 9.36 Å². The molecule has 0 radical (unpaired) electrons. The van der Waals surface area contributed by atoms with Crippen molar-refractivity contribution in [1.82, 2.24) is 0 Å². The molecule has 2 aromatic rings. The monoisotopic (exact) mass is 283 g/mol. The van der Waals surface area contributed by atoms with Crippen LogP contribution >= 0.6 is 0 Å². The zero-order chi connectivity index (χ0) is 15.2. The summed E-state index contributed by atoms with van der Waals surface area (Å²) < 4.78 is 1.93. The number of nitrogens with one attached hydrogen (secondary N) is 1. The first-order chi connectivity index (χ1) is 10.1. The van der Waals surface area contributed by atoms with Gasteiger partial charge in [-0.3, -0.25) is 4.79 Å². The minimum atomic E-state index is -0.00871. The van der Waals surface area contributed by atoms with Gasteiger partial charge in [0.2, 0.25) is 6.54 Å². The van der Waals surface area contributed by atoms with Gasteiger partial charge in [0.05, 0.1) is 0 Å². The number of aryl methyl sites for hydroxylation is 1. The maximum atomic E-state index is 12.1. The highest BCUT2D eigenvalue weighted by molar-refractivity contribution is 5.89. The number of anilines is 1. The van der Waals surface area contributed by atoms with Gasteiger partial charge in [0.25, 0.3) is 5.91 Å². The first kappa shape index (κ1) is 15.2. The normalized spacial score (nSPS) is 12.0. The summed E-state index contributed by atoms with van der Waals surface area (Å²) in [6.45, 7) is 6.72. The number of aromatic nitrogens is 1. The van der Waals surface area contributed by atoms with Crippen LogP contribution in [0.2, 0.25) is 0 Å². The molecule has 0 unspecified atom stereocenters. The van der Waals surface area contributed by atoms with Gasteiger partial charge < -0.3 is 5.32 Å².